The van der Waals surface area contributed by atoms with Crippen LogP contribution in [0.25, 0.3) is 0 Å². The second-order valence-corrected chi connectivity index (χ2v) is 6.57. The number of carbonyl (C=O) groups excluding carboxylic acids is 1. The summed E-state index contributed by atoms with van der Waals surface area (Å²) in [5.41, 5.74) is 2.17. The van der Waals surface area contributed by atoms with E-state index in [1.165, 1.54) is 24.3 Å². The first-order valence-corrected chi connectivity index (χ1v) is 8.42. The van der Waals surface area contributed by atoms with E-state index in [9.17, 15) is 23.5 Å². The minimum absolute atomic E-state index is 0. The fraction of sp³-hybridized carbons (Fsp3) is 0.133. The van der Waals surface area contributed by atoms with Crippen molar-refractivity contribution in [3.8, 4) is 0 Å². The van der Waals surface area contributed by atoms with Gasteiger partial charge in [0.15, 0.2) is 6.10 Å². The van der Waals surface area contributed by atoms with Gasteiger partial charge in [-0.3, -0.25) is 4.79 Å². The van der Waals surface area contributed by atoms with Crippen molar-refractivity contribution in [2.24, 2.45) is 5.14 Å². The summed E-state index contributed by atoms with van der Waals surface area (Å²) in [7, 11) is -3.82. The number of nitrogens with one attached hydrogen (secondary N) is 2. The van der Waals surface area contributed by atoms with Gasteiger partial charge in [-0.25, -0.2) is 13.6 Å². The Morgan fingerprint density at radius 2 is 1.64 bits per heavy atom. The Kier molecular flexibility index (Phi) is 8.67. The number of anilines is 1. The molecular weight excluding hydrogens is 373 g/mol. The van der Waals surface area contributed by atoms with Crippen molar-refractivity contribution in [3.05, 3.63) is 65.4 Å². The number of rotatable bonds is 6. The van der Waals surface area contributed by atoms with Gasteiger partial charge in [0, 0.05) is 5.69 Å². The topological polar surface area (TPSA) is 145 Å². The molecule has 0 radical (unpaired) electrons. The van der Waals surface area contributed by atoms with Gasteiger partial charge in [-0.1, -0.05) is 30.3 Å². The van der Waals surface area contributed by atoms with E-state index >= 15 is 0 Å². The zero-order chi connectivity index (χ0) is 17.7. The minimum atomic E-state index is -3.82. The predicted molar refractivity (Wildman–Crippen MR) is 88.1 cm³/mol. The maximum atomic E-state index is 11.5. The third-order valence-corrected chi connectivity index (χ3v) is 4.28. The third-order valence-electron chi connectivity index (χ3n) is 3.35. The number of primary sulfonamides is 1. The summed E-state index contributed by atoms with van der Waals surface area (Å²) in [5.74, 6) is -1.09. The molecule has 0 bridgehead atoms. The van der Waals surface area contributed by atoms with E-state index in [1.807, 2.05) is 0 Å². The van der Waals surface area contributed by atoms with Crippen LogP contribution in [-0.2, 0) is 14.8 Å². The van der Waals surface area contributed by atoms with Crippen molar-refractivity contribution in [2.45, 2.75) is 17.0 Å². The number of hydroxylamine groups is 1. The van der Waals surface area contributed by atoms with Gasteiger partial charge < -0.3 is 21.1 Å². The standard InChI is InChI=1S/C15H16N3O5S.K/c16-24(22,23)12-8-6-11(7-9-12)17-13(14(19)15(20)18-21)10-4-2-1-3-5-10;/h1-9,13-14,17,19H,(H3-,16,18,20,21,22,23);/q-1;+1/t13-,14-;/m1./s1. The molecule has 1 amide bonds. The smallest absolute Gasteiger partial charge is 0.759 e. The molecule has 0 aliphatic rings. The molecule has 5 N–H and O–H groups in total. The van der Waals surface area contributed by atoms with Crippen LogP contribution in [0.2, 0.25) is 0 Å². The van der Waals surface area contributed by atoms with Crippen LogP contribution in [0.5, 0.6) is 0 Å². The zero-order valence-electron chi connectivity index (χ0n) is 13.4. The minimum Gasteiger partial charge on any atom is -0.759 e. The van der Waals surface area contributed by atoms with E-state index in [0.717, 1.165) is 5.48 Å². The monoisotopic (exact) mass is 389 g/mol. The molecule has 0 aliphatic heterocycles. The predicted octanol–water partition coefficient (Wildman–Crippen LogP) is -2.53. The van der Waals surface area contributed by atoms with E-state index in [-0.39, 0.29) is 56.3 Å². The first-order valence-electron chi connectivity index (χ1n) is 6.87. The molecule has 2 aromatic carbocycles. The van der Waals surface area contributed by atoms with Crippen molar-refractivity contribution in [1.82, 2.24) is 5.48 Å². The first kappa shape index (κ1) is 22.2. The largest absolute Gasteiger partial charge is 1.00 e. The van der Waals surface area contributed by atoms with Gasteiger partial charge in [-0.2, -0.15) is 0 Å². The molecule has 10 heteroatoms. The molecule has 0 aliphatic carbocycles. The maximum absolute atomic E-state index is 11.5. The molecule has 0 heterocycles. The normalized spacial score (nSPS) is 13.2. The van der Waals surface area contributed by atoms with Crippen molar-refractivity contribution >= 4 is 21.6 Å². The fourth-order valence-electron chi connectivity index (χ4n) is 2.14. The summed E-state index contributed by atoms with van der Waals surface area (Å²) < 4.78 is 22.5. The molecule has 2 rings (SSSR count). The number of carbonyl (C=O) groups is 1. The summed E-state index contributed by atoms with van der Waals surface area (Å²) >= 11 is 0. The van der Waals surface area contributed by atoms with Crippen LogP contribution < -0.4 is 67.3 Å². The molecule has 25 heavy (non-hydrogen) atoms. The summed E-state index contributed by atoms with van der Waals surface area (Å²) in [4.78, 5) is 11.4. The molecule has 0 unspecified atom stereocenters. The SMILES string of the molecule is NS(=O)(=O)c1ccc(N[C@H](c2ccccc2)[C@@H](O)C(=O)N[O-])cc1.[K+]. The van der Waals surface area contributed by atoms with Crippen LogP contribution in [0.15, 0.2) is 59.5 Å². The Bertz CT molecular complexity index is 800. The molecule has 0 spiro atoms. The van der Waals surface area contributed by atoms with E-state index in [2.05, 4.69) is 5.32 Å². The quantitative estimate of drug-likeness (QED) is 0.317. The number of aliphatic hydroxyl groups is 1. The second-order valence-electron chi connectivity index (χ2n) is 5.01. The van der Waals surface area contributed by atoms with Crippen LogP contribution in [0.4, 0.5) is 5.69 Å². The van der Waals surface area contributed by atoms with Crippen LogP contribution in [0, 0.1) is 5.21 Å². The Labute approximate surface area is 187 Å². The van der Waals surface area contributed by atoms with Crippen molar-refractivity contribution in [2.75, 3.05) is 5.32 Å². The molecule has 8 nitrogen and oxygen atoms in total. The molecule has 2 aromatic rings. The molecule has 0 fully saturated rings. The van der Waals surface area contributed by atoms with E-state index in [1.54, 1.807) is 30.3 Å². The van der Waals surface area contributed by atoms with E-state index < -0.39 is 28.1 Å². The van der Waals surface area contributed by atoms with Crippen LogP contribution >= 0.6 is 0 Å². The summed E-state index contributed by atoms with van der Waals surface area (Å²) in [6, 6.07) is 13.1. The number of aliphatic hydroxyl groups excluding tert-OH is 1. The average molecular weight is 389 g/mol. The van der Waals surface area contributed by atoms with Crippen LogP contribution in [-0.4, -0.2) is 25.5 Å². The van der Waals surface area contributed by atoms with Gasteiger partial charge in [-0.05, 0) is 29.8 Å². The van der Waals surface area contributed by atoms with Crippen molar-refractivity contribution in [3.63, 3.8) is 0 Å². The average Bonchev–Trinajstić information content (AvgIpc) is 2.58. The third kappa shape index (κ3) is 6.13. The molecule has 0 saturated heterocycles. The molecule has 2 atom stereocenters. The van der Waals surface area contributed by atoms with Crippen molar-refractivity contribution in [1.29, 1.82) is 0 Å². The molecule has 0 saturated carbocycles. The zero-order valence-corrected chi connectivity index (χ0v) is 17.4. The summed E-state index contributed by atoms with van der Waals surface area (Å²) in [5, 5.41) is 28.6. The number of nitrogens with two attached hydrogens (primary N) is 1. The Morgan fingerprint density at radius 1 is 1.08 bits per heavy atom. The Hall–Kier alpha value is -0.824. The number of hydrogen-bond donors (Lipinski definition) is 4. The van der Waals surface area contributed by atoms with Crippen LogP contribution in [0.1, 0.15) is 11.6 Å². The summed E-state index contributed by atoms with van der Waals surface area (Å²) in [6.07, 6.45) is -1.64. The summed E-state index contributed by atoms with van der Waals surface area (Å²) in [6.45, 7) is 0. The van der Waals surface area contributed by atoms with Gasteiger partial charge >= 0.3 is 51.4 Å². The molecular formula is C15H16KN3O5S. The van der Waals surface area contributed by atoms with E-state index in [4.69, 9.17) is 5.14 Å². The van der Waals surface area contributed by atoms with Gasteiger partial charge in [0.25, 0.3) is 0 Å². The Balaban J connectivity index is 0.00000312. The van der Waals surface area contributed by atoms with Crippen LogP contribution in [0.3, 0.4) is 0 Å². The second kappa shape index (κ2) is 9.76. The number of sulfonamides is 1. The van der Waals surface area contributed by atoms with Gasteiger partial charge in [0.2, 0.25) is 15.9 Å². The fourth-order valence-corrected chi connectivity index (χ4v) is 2.65. The number of benzene rings is 2. The molecule has 0 aromatic heterocycles. The molecule has 128 valence electrons. The van der Waals surface area contributed by atoms with Gasteiger partial charge in [-0.15, -0.1) is 0 Å². The maximum Gasteiger partial charge on any atom is 1.00 e. The first-order chi connectivity index (χ1) is 11.3. The van der Waals surface area contributed by atoms with Crippen molar-refractivity contribution < 1.29 is 69.7 Å². The number of hydrogen-bond acceptors (Lipinski definition) is 6. The van der Waals surface area contributed by atoms with E-state index in [0.29, 0.717) is 11.3 Å². The van der Waals surface area contributed by atoms with Gasteiger partial charge in [0.05, 0.1) is 10.9 Å². The Morgan fingerprint density at radius 3 is 2.12 bits per heavy atom. The number of amides is 1. The van der Waals surface area contributed by atoms with Gasteiger partial charge in [0.1, 0.15) is 0 Å².